The van der Waals surface area contributed by atoms with Gasteiger partial charge in [-0.15, -0.1) is 0 Å². The van der Waals surface area contributed by atoms with Crippen LogP contribution in [0.25, 0.3) is 0 Å². The Hall–Kier alpha value is -2.12. The highest BCUT2D eigenvalue weighted by molar-refractivity contribution is 6.31. The molecule has 180 valence electrons. The Morgan fingerprint density at radius 2 is 1.82 bits per heavy atom. The number of nitrogens with zero attached hydrogens (tertiary/aromatic N) is 3. The maximum atomic E-state index is 14.2. The van der Waals surface area contributed by atoms with Crippen LogP contribution in [0.3, 0.4) is 0 Å². The van der Waals surface area contributed by atoms with Gasteiger partial charge in [0.05, 0.1) is 28.1 Å². The molecule has 3 heterocycles. The van der Waals surface area contributed by atoms with Crippen molar-refractivity contribution in [1.29, 1.82) is 0 Å². The number of hydrogen-bond acceptors (Lipinski definition) is 3. The number of piperidine rings is 1. The molecule has 0 bridgehead atoms. The number of aryl methyl sites for hydroxylation is 1. The number of alkyl halides is 2. The van der Waals surface area contributed by atoms with E-state index in [1.54, 1.807) is 4.57 Å². The van der Waals surface area contributed by atoms with Crippen LogP contribution in [0.2, 0.25) is 5.02 Å². The highest BCUT2D eigenvalue weighted by atomic mass is 35.5. The van der Waals surface area contributed by atoms with Crippen molar-refractivity contribution in [1.82, 2.24) is 14.4 Å². The van der Waals surface area contributed by atoms with Gasteiger partial charge in [-0.05, 0) is 70.5 Å². The fourth-order valence-corrected chi connectivity index (χ4v) is 5.66. The minimum atomic E-state index is -2.96. The molecule has 33 heavy (non-hydrogen) atoms. The van der Waals surface area contributed by atoms with Gasteiger partial charge in [0.2, 0.25) is 0 Å². The number of ether oxygens (including phenoxy) is 1. The molecular weight excluding hydrogens is 448 g/mol. The van der Waals surface area contributed by atoms with Crippen molar-refractivity contribution in [3.05, 3.63) is 51.8 Å². The molecule has 1 aromatic carbocycles. The highest BCUT2D eigenvalue weighted by Gasteiger charge is 2.48. The van der Waals surface area contributed by atoms with E-state index in [2.05, 4.69) is 4.90 Å². The van der Waals surface area contributed by atoms with Crippen molar-refractivity contribution >= 4 is 17.5 Å². The molecule has 1 spiro atoms. The Kier molecular flexibility index (Phi) is 6.25. The predicted octanol–water partition coefficient (Wildman–Crippen LogP) is 5.43. The third-order valence-corrected chi connectivity index (χ3v) is 7.28. The SMILES string of the molecule is Cc1cc(C(=O)N2CCC3(CC2)c2c(Cl)cc(C(C)(F)F)n2CCN3C)ccc1OC(C)C. The number of carbonyl (C=O) groups is 1. The van der Waals surface area contributed by atoms with Crippen molar-refractivity contribution in [2.45, 2.75) is 64.6 Å². The number of benzene rings is 1. The summed E-state index contributed by atoms with van der Waals surface area (Å²) in [5.74, 6) is -2.20. The van der Waals surface area contributed by atoms with Gasteiger partial charge in [0.1, 0.15) is 5.75 Å². The summed E-state index contributed by atoms with van der Waals surface area (Å²) < 4.78 is 36.0. The van der Waals surface area contributed by atoms with Crippen LogP contribution in [0.15, 0.2) is 24.3 Å². The normalized spacial score (nSPS) is 18.6. The fourth-order valence-electron chi connectivity index (χ4n) is 5.28. The summed E-state index contributed by atoms with van der Waals surface area (Å²) in [5, 5.41) is 0.384. The van der Waals surface area contributed by atoms with E-state index in [4.69, 9.17) is 16.3 Å². The first kappa shape index (κ1) is 24.0. The predicted molar refractivity (Wildman–Crippen MR) is 125 cm³/mol. The molecule has 0 atom stereocenters. The molecule has 8 heteroatoms. The third-order valence-electron chi connectivity index (χ3n) is 6.99. The van der Waals surface area contributed by atoms with Gasteiger partial charge in [0.25, 0.3) is 11.8 Å². The zero-order chi connectivity index (χ0) is 24.1. The number of aromatic nitrogens is 1. The lowest BCUT2D eigenvalue weighted by Gasteiger charge is -2.51. The monoisotopic (exact) mass is 479 g/mol. The van der Waals surface area contributed by atoms with Crippen LogP contribution in [0.4, 0.5) is 8.78 Å². The first-order valence-electron chi connectivity index (χ1n) is 11.5. The summed E-state index contributed by atoms with van der Waals surface area (Å²) >= 11 is 6.55. The summed E-state index contributed by atoms with van der Waals surface area (Å²) in [6.45, 7) is 9.00. The van der Waals surface area contributed by atoms with Crippen molar-refractivity contribution < 1.29 is 18.3 Å². The molecule has 0 N–H and O–H groups in total. The summed E-state index contributed by atoms with van der Waals surface area (Å²) in [6.07, 6.45) is 1.34. The average molecular weight is 480 g/mol. The highest BCUT2D eigenvalue weighted by Crippen LogP contribution is 2.47. The molecule has 0 unspecified atom stereocenters. The van der Waals surface area contributed by atoms with Crippen LogP contribution in [0.1, 0.15) is 60.9 Å². The van der Waals surface area contributed by atoms with Gasteiger partial charge in [-0.2, -0.15) is 0 Å². The van der Waals surface area contributed by atoms with Gasteiger partial charge in [-0.3, -0.25) is 9.69 Å². The van der Waals surface area contributed by atoms with E-state index in [0.29, 0.717) is 49.6 Å². The van der Waals surface area contributed by atoms with Gasteiger partial charge < -0.3 is 14.2 Å². The zero-order valence-corrected chi connectivity index (χ0v) is 20.7. The Labute approximate surface area is 199 Å². The second-order valence-electron chi connectivity index (χ2n) is 9.66. The van der Waals surface area contributed by atoms with Crippen LogP contribution in [0, 0.1) is 6.92 Å². The molecule has 1 saturated heterocycles. The number of rotatable bonds is 4. The van der Waals surface area contributed by atoms with Gasteiger partial charge >= 0.3 is 0 Å². The van der Waals surface area contributed by atoms with E-state index in [9.17, 15) is 13.6 Å². The standard InChI is InChI=1S/C25H32ClF2N3O2/c1-16(2)33-20-7-6-18(14-17(20)3)23(32)30-10-8-25(9-11-30)22-19(26)15-21(24(4,27)28)31(22)13-12-29(25)5/h6-7,14-16H,8-13H2,1-5H3. The second kappa shape index (κ2) is 8.58. The van der Waals surface area contributed by atoms with E-state index < -0.39 is 11.5 Å². The Morgan fingerprint density at radius 1 is 1.15 bits per heavy atom. The molecule has 2 aliphatic heterocycles. The van der Waals surface area contributed by atoms with Crippen molar-refractivity contribution in [2.75, 3.05) is 26.7 Å². The van der Waals surface area contributed by atoms with Gasteiger partial charge in [-0.1, -0.05) is 11.6 Å². The molecule has 2 aliphatic rings. The van der Waals surface area contributed by atoms with Crippen LogP contribution < -0.4 is 4.74 Å². The van der Waals surface area contributed by atoms with E-state index in [-0.39, 0.29) is 17.7 Å². The number of likely N-dealkylation sites (N-methyl/N-ethyl adjacent to an activating group) is 1. The maximum absolute atomic E-state index is 14.2. The summed E-state index contributed by atoms with van der Waals surface area (Å²) in [4.78, 5) is 17.3. The third kappa shape index (κ3) is 4.26. The first-order valence-corrected chi connectivity index (χ1v) is 11.9. The summed E-state index contributed by atoms with van der Waals surface area (Å²) in [6, 6.07) is 6.94. The van der Waals surface area contributed by atoms with Gasteiger partial charge in [-0.25, -0.2) is 8.78 Å². The van der Waals surface area contributed by atoms with E-state index in [1.165, 1.54) is 6.07 Å². The molecule has 0 saturated carbocycles. The molecule has 0 radical (unpaired) electrons. The van der Waals surface area contributed by atoms with E-state index >= 15 is 0 Å². The summed E-state index contributed by atoms with van der Waals surface area (Å²) in [5.41, 5.74) is 1.82. The molecule has 1 amide bonds. The second-order valence-corrected chi connectivity index (χ2v) is 10.1. The molecule has 0 aliphatic carbocycles. The molecule has 1 fully saturated rings. The lowest BCUT2D eigenvalue weighted by atomic mass is 9.81. The number of carbonyl (C=O) groups excluding carboxylic acids is 1. The fraction of sp³-hybridized carbons (Fsp3) is 0.560. The smallest absolute Gasteiger partial charge is 0.285 e. The first-order chi connectivity index (χ1) is 15.4. The molecule has 2 aromatic rings. The topological polar surface area (TPSA) is 37.7 Å². The minimum absolute atomic E-state index is 0.0234. The van der Waals surface area contributed by atoms with Crippen molar-refractivity contribution in [2.24, 2.45) is 0 Å². The quantitative estimate of drug-likeness (QED) is 0.587. The lowest BCUT2D eigenvalue weighted by molar-refractivity contribution is -0.00699. The van der Waals surface area contributed by atoms with E-state index in [0.717, 1.165) is 23.9 Å². The number of likely N-dealkylation sites (tertiary alicyclic amines) is 1. The molecule has 1 aromatic heterocycles. The maximum Gasteiger partial charge on any atom is 0.285 e. The van der Waals surface area contributed by atoms with Gasteiger partial charge in [0.15, 0.2) is 0 Å². The van der Waals surface area contributed by atoms with Crippen LogP contribution in [-0.2, 0) is 18.0 Å². The average Bonchev–Trinajstić information content (AvgIpc) is 3.10. The largest absolute Gasteiger partial charge is 0.491 e. The van der Waals surface area contributed by atoms with Crippen molar-refractivity contribution in [3.63, 3.8) is 0 Å². The van der Waals surface area contributed by atoms with Gasteiger partial charge in [0, 0.05) is 38.7 Å². The number of hydrogen-bond donors (Lipinski definition) is 0. The van der Waals surface area contributed by atoms with E-state index in [1.807, 2.05) is 50.9 Å². The van der Waals surface area contributed by atoms with Crippen molar-refractivity contribution in [3.8, 4) is 5.75 Å². The number of fused-ring (bicyclic) bond motifs is 2. The zero-order valence-electron chi connectivity index (χ0n) is 19.9. The lowest BCUT2D eigenvalue weighted by Crippen LogP contribution is -2.57. The molecule has 4 rings (SSSR count). The van der Waals surface area contributed by atoms with Crippen LogP contribution >= 0.6 is 11.6 Å². The minimum Gasteiger partial charge on any atom is -0.491 e. The Bertz CT molecular complexity index is 1050. The molecular formula is C25H32ClF2N3O2. The summed E-state index contributed by atoms with van der Waals surface area (Å²) in [7, 11) is 2.02. The Balaban J connectivity index is 1.56. The Morgan fingerprint density at radius 3 is 2.39 bits per heavy atom. The van der Waals surface area contributed by atoms with Crippen LogP contribution in [0.5, 0.6) is 5.75 Å². The van der Waals surface area contributed by atoms with Crippen LogP contribution in [-0.4, -0.2) is 53.1 Å². The number of halogens is 3. The molecule has 5 nitrogen and oxygen atoms in total. The number of amides is 1.